The van der Waals surface area contributed by atoms with Gasteiger partial charge in [-0.05, 0) is 30.2 Å². The summed E-state index contributed by atoms with van der Waals surface area (Å²) in [5, 5.41) is 12.4. The van der Waals surface area contributed by atoms with Crippen LogP contribution in [0.1, 0.15) is 15.9 Å². The minimum absolute atomic E-state index is 0.158. The van der Waals surface area contributed by atoms with E-state index in [-0.39, 0.29) is 19.1 Å². The average molecular weight is 290 g/mol. The summed E-state index contributed by atoms with van der Waals surface area (Å²) in [5.41, 5.74) is 2.80. The van der Waals surface area contributed by atoms with E-state index in [4.69, 9.17) is 4.74 Å². The Labute approximate surface area is 122 Å². The van der Waals surface area contributed by atoms with Crippen molar-refractivity contribution in [2.45, 2.75) is 12.5 Å². The van der Waals surface area contributed by atoms with Crippen molar-refractivity contribution in [2.24, 2.45) is 5.92 Å². The second kappa shape index (κ2) is 5.37. The monoisotopic (exact) mass is 290 g/mol. The van der Waals surface area contributed by atoms with Crippen LogP contribution in [0.25, 0.3) is 0 Å². The van der Waals surface area contributed by atoms with Gasteiger partial charge in [0.05, 0.1) is 19.3 Å². The van der Waals surface area contributed by atoms with E-state index in [1.165, 1.54) is 4.90 Å². The number of amides is 1. The molecule has 2 aliphatic heterocycles. The third kappa shape index (κ3) is 2.47. The van der Waals surface area contributed by atoms with Gasteiger partial charge in [0.2, 0.25) is 0 Å². The standard InChI is InChI=1S/C15H18N2O4/c1-17(13-8-21-7-11(13)15(19)20)14(18)10-2-3-12-9(6-10)4-5-16-12/h2-3,6,11,13,16H,4-5,7-8H2,1H3,(H,19,20). The molecule has 6 heteroatoms. The van der Waals surface area contributed by atoms with Crippen LogP contribution in [0.5, 0.6) is 0 Å². The minimum Gasteiger partial charge on any atom is -0.481 e. The topological polar surface area (TPSA) is 78.9 Å². The molecule has 0 aliphatic carbocycles. The fraction of sp³-hybridized carbons (Fsp3) is 0.467. The average Bonchev–Trinajstić information content (AvgIpc) is 3.13. The number of carboxylic acid groups (broad SMARTS) is 1. The Kier molecular flexibility index (Phi) is 3.55. The highest BCUT2D eigenvalue weighted by molar-refractivity contribution is 5.95. The predicted molar refractivity (Wildman–Crippen MR) is 76.5 cm³/mol. The first-order chi connectivity index (χ1) is 10.1. The molecule has 1 fully saturated rings. The lowest BCUT2D eigenvalue weighted by Crippen LogP contribution is -2.44. The van der Waals surface area contributed by atoms with Gasteiger partial charge in [-0.25, -0.2) is 0 Å². The highest BCUT2D eigenvalue weighted by Gasteiger charge is 2.38. The van der Waals surface area contributed by atoms with Crippen LogP contribution in [0.15, 0.2) is 18.2 Å². The number of hydrogen-bond acceptors (Lipinski definition) is 4. The number of nitrogens with one attached hydrogen (secondary N) is 1. The number of likely N-dealkylation sites (N-methyl/N-ethyl adjacent to an activating group) is 1. The fourth-order valence-corrected chi connectivity index (χ4v) is 2.95. The van der Waals surface area contributed by atoms with Gasteiger partial charge in [-0.2, -0.15) is 0 Å². The molecule has 2 atom stereocenters. The van der Waals surface area contributed by atoms with Crippen LogP contribution < -0.4 is 5.32 Å². The summed E-state index contributed by atoms with van der Waals surface area (Å²) in [5.74, 6) is -1.74. The number of ether oxygens (including phenoxy) is 1. The number of carbonyl (C=O) groups is 2. The van der Waals surface area contributed by atoms with Gasteiger partial charge in [-0.1, -0.05) is 0 Å². The largest absolute Gasteiger partial charge is 0.481 e. The Morgan fingerprint density at radius 3 is 2.95 bits per heavy atom. The summed E-state index contributed by atoms with van der Waals surface area (Å²) in [7, 11) is 1.64. The zero-order valence-corrected chi connectivity index (χ0v) is 11.8. The molecule has 3 rings (SSSR count). The van der Waals surface area contributed by atoms with E-state index >= 15 is 0 Å². The minimum atomic E-state index is -0.921. The highest BCUT2D eigenvalue weighted by Crippen LogP contribution is 2.25. The van der Waals surface area contributed by atoms with Crippen LogP contribution >= 0.6 is 0 Å². The molecule has 2 aliphatic rings. The molecule has 0 bridgehead atoms. The van der Waals surface area contributed by atoms with Gasteiger partial charge < -0.3 is 20.1 Å². The SMILES string of the molecule is CN(C(=O)c1ccc2c(c1)CCN2)C1COCC1C(=O)O. The molecular weight excluding hydrogens is 272 g/mol. The number of carbonyl (C=O) groups excluding carboxylic acids is 1. The number of rotatable bonds is 3. The molecule has 2 unspecified atom stereocenters. The molecule has 0 saturated carbocycles. The number of benzene rings is 1. The van der Waals surface area contributed by atoms with Crippen molar-refractivity contribution in [2.75, 3.05) is 32.1 Å². The van der Waals surface area contributed by atoms with Crippen molar-refractivity contribution >= 4 is 17.6 Å². The fourth-order valence-electron chi connectivity index (χ4n) is 2.95. The Balaban J connectivity index is 1.79. The van der Waals surface area contributed by atoms with Crippen LogP contribution in [-0.2, 0) is 16.0 Å². The van der Waals surface area contributed by atoms with Gasteiger partial charge in [0.1, 0.15) is 5.92 Å². The van der Waals surface area contributed by atoms with Crippen LogP contribution in [-0.4, -0.2) is 54.7 Å². The summed E-state index contributed by atoms with van der Waals surface area (Å²) in [6.45, 7) is 1.32. The lowest BCUT2D eigenvalue weighted by atomic mass is 10.0. The highest BCUT2D eigenvalue weighted by atomic mass is 16.5. The van der Waals surface area contributed by atoms with Crippen molar-refractivity contribution in [3.8, 4) is 0 Å². The molecule has 112 valence electrons. The molecule has 2 N–H and O–H groups in total. The quantitative estimate of drug-likeness (QED) is 0.862. The molecule has 1 aromatic rings. The van der Waals surface area contributed by atoms with E-state index in [0.717, 1.165) is 24.2 Å². The molecule has 0 aromatic heterocycles. The maximum Gasteiger partial charge on any atom is 0.311 e. The molecule has 21 heavy (non-hydrogen) atoms. The summed E-state index contributed by atoms with van der Waals surface area (Å²) in [4.78, 5) is 25.3. The van der Waals surface area contributed by atoms with Crippen LogP contribution in [0.3, 0.4) is 0 Å². The van der Waals surface area contributed by atoms with Crippen LogP contribution in [0, 0.1) is 5.92 Å². The number of nitrogens with zero attached hydrogens (tertiary/aromatic N) is 1. The van der Waals surface area contributed by atoms with E-state index in [2.05, 4.69) is 5.32 Å². The smallest absolute Gasteiger partial charge is 0.311 e. The molecule has 1 saturated heterocycles. The van der Waals surface area contributed by atoms with Gasteiger partial charge in [0.25, 0.3) is 5.91 Å². The van der Waals surface area contributed by atoms with E-state index < -0.39 is 17.9 Å². The number of aliphatic carboxylic acids is 1. The first kappa shape index (κ1) is 13.9. The maximum absolute atomic E-state index is 12.6. The summed E-state index contributed by atoms with van der Waals surface area (Å²) in [6, 6.07) is 5.16. The Hall–Kier alpha value is -2.08. The van der Waals surface area contributed by atoms with Crippen molar-refractivity contribution < 1.29 is 19.4 Å². The van der Waals surface area contributed by atoms with Gasteiger partial charge in [0, 0.05) is 24.8 Å². The second-order valence-corrected chi connectivity index (χ2v) is 5.51. The van der Waals surface area contributed by atoms with Crippen molar-refractivity contribution in [1.82, 2.24) is 4.90 Å². The van der Waals surface area contributed by atoms with Crippen molar-refractivity contribution in [3.63, 3.8) is 0 Å². The van der Waals surface area contributed by atoms with Gasteiger partial charge in [-0.15, -0.1) is 0 Å². The first-order valence-corrected chi connectivity index (χ1v) is 7.02. The molecule has 2 heterocycles. The third-order valence-corrected chi connectivity index (χ3v) is 4.25. The molecular formula is C15H18N2O4. The molecule has 1 amide bonds. The molecule has 6 nitrogen and oxygen atoms in total. The third-order valence-electron chi connectivity index (χ3n) is 4.25. The number of hydrogen-bond donors (Lipinski definition) is 2. The molecule has 0 spiro atoms. The first-order valence-electron chi connectivity index (χ1n) is 7.02. The Morgan fingerprint density at radius 2 is 2.19 bits per heavy atom. The van der Waals surface area contributed by atoms with Crippen molar-refractivity contribution in [1.29, 1.82) is 0 Å². The summed E-state index contributed by atoms with van der Waals surface area (Å²) >= 11 is 0. The second-order valence-electron chi connectivity index (χ2n) is 5.51. The zero-order chi connectivity index (χ0) is 15.0. The van der Waals surface area contributed by atoms with Crippen LogP contribution in [0.2, 0.25) is 0 Å². The normalized spacial score (nSPS) is 23.5. The Bertz CT molecular complexity index is 587. The zero-order valence-electron chi connectivity index (χ0n) is 11.8. The lowest BCUT2D eigenvalue weighted by Gasteiger charge is -2.26. The summed E-state index contributed by atoms with van der Waals surface area (Å²) < 4.78 is 5.23. The molecule has 0 radical (unpaired) electrons. The van der Waals surface area contributed by atoms with Gasteiger partial charge >= 0.3 is 5.97 Å². The predicted octanol–water partition coefficient (Wildman–Crippen LogP) is 0.826. The van der Waals surface area contributed by atoms with Gasteiger partial charge in [-0.3, -0.25) is 9.59 Å². The maximum atomic E-state index is 12.6. The number of fused-ring (bicyclic) bond motifs is 1. The van der Waals surface area contributed by atoms with E-state index in [1.54, 1.807) is 13.1 Å². The Morgan fingerprint density at radius 1 is 1.38 bits per heavy atom. The van der Waals surface area contributed by atoms with Crippen LogP contribution in [0.4, 0.5) is 5.69 Å². The van der Waals surface area contributed by atoms with E-state index in [1.807, 2.05) is 12.1 Å². The summed E-state index contributed by atoms with van der Waals surface area (Å²) in [6.07, 6.45) is 0.907. The number of carboxylic acids is 1. The van der Waals surface area contributed by atoms with E-state index in [0.29, 0.717) is 5.56 Å². The van der Waals surface area contributed by atoms with Gasteiger partial charge in [0.15, 0.2) is 0 Å². The van der Waals surface area contributed by atoms with Crippen molar-refractivity contribution in [3.05, 3.63) is 29.3 Å². The van der Waals surface area contributed by atoms with E-state index in [9.17, 15) is 14.7 Å². The number of anilines is 1. The molecule has 1 aromatic carbocycles. The lowest BCUT2D eigenvalue weighted by molar-refractivity contribution is -0.142.